The monoisotopic (exact) mass is 323 g/mol. The summed E-state index contributed by atoms with van der Waals surface area (Å²) in [4.78, 5) is 0. The highest BCUT2D eigenvalue weighted by Crippen LogP contribution is 2.40. The number of halogens is 2. The van der Waals surface area contributed by atoms with E-state index in [9.17, 15) is 4.39 Å². The molecule has 1 unspecified atom stereocenters. The molecule has 100 valence electrons. The minimum absolute atomic E-state index is 0.306. The smallest absolute Gasteiger partial charge is 0.132 e. The largest absolute Gasteiger partial charge is 0.396 e. The summed E-state index contributed by atoms with van der Waals surface area (Å²) in [5, 5.41) is 4.47. The molecule has 1 saturated carbocycles. The molecule has 1 aliphatic carbocycles. The Morgan fingerprint density at radius 1 is 1.47 bits per heavy atom. The Kier molecular flexibility index (Phi) is 3.09. The topological polar surface area (TPSA) is 43.8 Å². The second kappa shape index (κ2) is 4.63. The van der Waals surface area contributed by atoms with Gasteiger partial charge in [-0.2, -0.15) is 5.10 Å². The first-order chi connectivity index (χ1) is 9.06. The fraction of sp³-hybridized carbons (Fsp3) is 0.357. The zero-order chi connectivity index (χ0) is 13.6. The van der Waals surface area contributed by atoms with Crippen molar-refractivity contribution in [3.8, 4) is 11.3 Å². The molecule has 3 nitrogen and oxygen atoms in total. The fourth-order valence-electron chi connectivity index (χ4n) is 2.30. The molecule has 0 spiro atoms. The maximum atomic E-state index is 13.9. The quantitative estimate of drug-likeness (QED) is 0.927. The van der Waals surface area contributed by atoms with Crippen LogP contribution in [0, 0.1) is 11.7 Å². The van der Waals surface area contributed by atoms with E-state index in [0.29, 0.717) is 28.9 Å². The lowest BCUT2D eigenvalue weighted by Gasteiger charge is -2.09. The number of hydrogen-bond acceptors (Lipinski definition) is 2. The first-order valence-electron chi connectivity index (χ1n) is 6.36. The lowest BCUT2D eigenvalue weighted by atomic mass is 10.1. The van der Waals surface area contributed by atoms with Crippen LogP contribution in [0.2, 0.25) is 0 Å². The summed E-state index contributed by atoms with van der Waals surface area (Å²) < 4.78 is 16.6. The van der Waals surface area contributed by atoms with Crippen molar-refractivity contribution in [2.75, 3.05) is 5.73 Å². The van der Waals surface area contributed by atoms with E-state index in [-0.39, 0.29) is 5.82 Å². The molecule has 2 N–H and O–H groups in total. The molecule has 5 heteroatoms. The van der Waals surface area contributed by atoms with E-state index in [0.717, 1.165) is 4.47 Å². The zero-order valence-electron chi connectivity index (χ0n) is 10.6. The average molecular weight is 324 g/mol. The fourth-order valence-corrected chi connectivity index (χ4v) is 2.66. The van der Waals surface area contributed by atoms with E-state index in [4.69, 9.17) is 5.73 Å². The predicted molar refractivity (Wildman–Crippen MR) is 77.2 cm³/mol. The van der Waals surface area contributed by atoms with E-state index in [2.05, 4.69) is 28.0 Å². The molecule has 1 heterocycles. The van der Waals surface area contributed by atoms with Crippen molar-refractivity contribution >= 4 is 21.6 Å². The van der Waals surface area contributed by atoms with Crippen molar-refractivity contribution in [3.63, 3.8) is 0 Å². The predicted octanol–water partition coefficient (Wildman–Crippen LogP) is 4.00. The second-order valence-corrected chi connectivity index (χ2v) is 6.03. The first-order valence-corrected chi connectivity index (χ1v) is 7.15. The lowest BCUT2D eigenvalue weighted by molar-refractivity contribution is 0.441. The van der Waals surface area contributed by atoms with Crippen LogP contribution in [0.4, 0.5) is 10.1 Å². The van der Waals surface area contributed by atoms with Crippen LogP contribution in [0.5, 0.6) is 0 Å². The van der Waals surface area contributed by atoms with Gasteiger partial charge in [0.05, 0.1) is 11.7 Å². The highest BCUT2D eigenvalue weighted by atomic mass is 79.9. The third kappa shape index (κ3) is 2.39. The number of aromatic nitrogens is 2. The molecule has 1 aromatic carbocycles. The van der Waals surface area contributed by atoms with Crippen LogP contribution in [0.25, 0.3) is 11.3 Å². The molecular weight excluding hydrogens is 309 g/mol. The number of hydrogen-bond donors (Lipinski definition) is 1. The van der Waals surface area contributed by atoms with Crippen LogP contribution in [0.1, 0.15) is 25.8 Å². The summed E-state index contributed by atoms with van der Waals surface area (Å²) in [5.41, 5.74) is 7.46. The van der Waals surface area contributed by atoms with Crippen LogP contribution in [0.3, 0.4) is 0 Å². The first kappa shape index (κ1) is 12.7. The van der Waals surface area contributed by atoms with Gasteiger partial charge in [0.15, 0.2) is 0 Å². The van der Waals surface area contributed by atoms with Gasteiger partial charge in [0.25, 0.3) is 0 Å². The summed E-state index contributed by atoms with van der Waals surface area (Å²) in [5.74, 6) is 0.374. The zero-order valence-corrected chi connectivity index (χ0v) is 12.2. The molecular formula is C14H15BrFN3. The minimum atomic E-state index is -0.306. The number of nitrogen functional groups attached to an aromatic ring is 1. The van der Waals surface area contributed by atoms with Crippen molar-refractivity contribution in [3.05, 3.63) is 34.7 Å². The highest BCUT2D eigenvalue weighted by Gasteiger charge is 2.30. The molecule has 0 bridgehead atoms. The number of benzene rings is 1. The van der Waals surface area contributed by atoms with Gasteiger partial charge in [0.2, 0.25) is 0 Å². The van der Waals surface area contributed by atoms with Gasteiger partial charge >= 0.3 is 0 Å². The van der Waals surface area contributed by atoms with Gasteiger partial charge in [0.1, 0.15) is 11.5 Å². The summed E-state index contributed by atoms with van der Waals surface area (Å²) in [6, 6.07) is 5.12. The summed E-state index contributed by atoms with van der Waals surface area (Å²) in [7, 11) is 0. The van der Waals surface area contributed by atoms with Crippen molar-refractivity contribution in [2.45, 2.75) is 25.8 Å². The Balaban J connectivity index is 2.02. The van der Waals surface area contributed by atoms with E-state index >= 15 is 0 Å². The summed E-state index contributed by atoms with van der Waals surface area (Å²) in [6.07, 6.45) is 4.28. The summed E-state index contributed by atoms with van der Waals surface area (Å²) >= 11 is 3.35. The molecule has 19 heavy (non-hydrogen) atoms. The summed E-state index contributed by atoms with van der Waals surface area (Å²) in [6.45, 7) is 2.13. The Hall–Kier alpha value is -1.36. The van der Waals surface area contributed by atoms with Gasteiger partial charge in [-0.3, -0.25) is 4.68 Å². The molecule has 0 aliphatic heterocycles. The van der Waals surface area contributed by atoms with Crippen LogP contribution in [0.15, 0.2) is 28.9 Å². The number of nitrogens with two attached hydrogens (primary N) is 1. The Morgan fingerprint density at radius 2 is 2.21 bits per heavy atom. The van der Waals surface area contributed by atoms with Gasteiger partial charge in [-0.1, -0.05) is 15.9 Å². The Morgan fingerprint density at radius 3 is 2.89 bits per heavy atom. The Labute approximate surface area is 119 Å². The average Bonchev–Trinajstić information content (AvgIpc) is 3.15. The highest BCUT2D eigenvalue weighted by molar-refractivity contribution is 9.10. The Bertz CT molecular complexity index is 619. The van der Waals surface area contributed by atoms with Crippen molar-refractivity contribution in [2.24, 2.45) is 5.92 Å². The lowest BCUT2D eigenvalue weighted by Crippen LogP contribution is -2.07. The third-order valence-electron chi connectivity index (χ3n) is 3.67. The maximum absolute atomic E-state index is 13.9. The normalized spacial score (nSPS) is 16.6. The van der Waals surface area contributed by atoms with Crippen molar-refractivity contribution < 1.29 is 4.39 Å². The molecule has 1 aromatic heterocycles. The molecule has 0 radical (unpaired) electrons. The number of nitrogens with zero attached hydrogens (tertiary/aromatic N) is 2. The third-order valence-corrected chi connectivity index (χ3v) is 4.16. The van der Waals surface area contributed by atoms with Gasteiger partial charge < -0.3 is 5.73 Å². The van der Waals surface area contributed by atoms with Gasteiger partial charge in [-0.25, -0.2) is 4.39 Å². The van der Waals surface area contributed by atoms with Crippen LogP contribution < -0.4 is 5.73 Å². The maximum Gasteiger partial charge on any atom is 0.132 e. The van der Waals surface area contributed by atoms with Crippen LogP contribution >= 0.6 is 15.9 Å². The van der Waals surface area contributed by atoms with Gasteiger partial charge in [-0.15, -0.1) is 0 Å². The van der Waals surface area contributed by atoms with Crippen molar-refractivity contribution in [1.82, 2.24) is 9.78 Å². The van der Waals surface area contributed by atoms with Crippen LogP contribution in [-0.4, -0.2) is 9.78 Å². The standard InChI is InChI=1S/C14H15BrFN3/c1-8(9-2-3-9)19-7-13(17)14(18-19)11-6-10(15)4-5-12(11)16/h4-9H,2-3,17H2,1H3. The minimum Gasteiger partial charge on any atom is -0.396 e. The molecule has 1 aliphatic rings. The van der Waals surface area contributed by atoms with E-state index in [1.54, 1.807) is 18.3 Å². The van der Waals surface area contributed by atoms with E-state index in [1.807, 2.05) is 4.68 Å². The van der Waals surface area contributed by atoms with Gasteiger partial charge in [-0.05, 0) is 43.9 Å². The molecule has 0 amide bonds. The van der Waals surface area contributed by atoms with E-state index < -0.39 is 0 Å². The molecule has 1 fully saturated rings. The number of rotatable bonds is 3. The second-order valence-electron chi connectivity index (χ2n) is 5.12. The molecule has 3 rings (SSSR count). The molecule has 1 atom stereocenters. The molecule has 0 saturated heterocycles. The van der Waals surface area contributed by atoms with Crippen molar-refractivity contribution in [1.29, 1.82) is 0 Å². The van der Waals surface area contributed by atoms with Crippen LogP contribution in [-0.2, 0) is 0 Å². The van der Waals surface area contributed by atoms with Gasteiger partial charge in [0, 0.05) is 16.2 Å². The number of anilines is 1. The van der Waals surface area contributed by atoms with E-state index in [1.165, 1.54) is 18.9 Å². The SMILES string of the molecule is CC(C1CC1)n1cc(N)c(-c2cc(Br)ccc2F)n1. The molecule has 2 aromatic rings.